The zero-order valence-electron chi connectivity index (χ0n) is 20.1. The van der Waals surface area contributed by atoms with Gasteiger partial charge < -0.3 is 25.8 Å². The highest BCUT2D eigenvalue weighted by Crippen LogP contribution is 2.40. The van der Waals surface area contributed by atoms with Crippen LogP contribution >= 0.6 is 34.4 Å². The molecular formula is C23H21N7O5S3. The van der Waals surface area contributed by atoms with Gasteiger partial charge in [0.1, 0.15) is 29.2 Å². The number of hydrogen-bond donors (Lipinski definition) is 2. The number of amides is 2. The molecule has 0 bridgehead atoms. The number of hydrogen-bond acceptors (Lipinski definition) is 12. The number of aliphatic carboxylic acids is 1. The van der Waals surface area contributed by atoms with Crippen molar-refractivity contribution in [1.82, 2.24) is 20.2 Å². The number of aromatic nitrogens is 3. The Kier molecular flexibility index (Phi) is 7.14. The molecule has 12 nitrogen and oxygen atoms in total. The highest BCUT2D eigenvalue weighted by atomic mass is 32.2. The van der Waals surface area contributed by atoms with Crippen LogP contribution in [0.25, 0.3) is 10.6 Å². The molecule has 3 aromatic rings. The molecule has 5 rings (SSSR count). The Bertz CT molecular complexity index is 1480. The number of nitrogens with zero attached hydrogens (tertiary/aromatic N) is 5. The number of oxime groups is 1. The van der Waals surface area contributed by atoms with Gasteiger partial charge in [-0.05, 0) is 6.92 Å². The van der Waals surface area contributed by atoms with Crippen LogP contribution in [0, 0.1) is 6.92 Å². The van der Waals surface area contributed by atoms with Crippen LogP contribution < -0.4 is 20.7 Å². The number of nitrogens with two attached hydrogens (primary N) is 1. The lowest BCUT2D eigenvalue weighted by molar-refractivity contribution is -0.689. The maximum absolute atomic E-state index is 13.0. The van der Waals surface area contributed by atoms with E-state index in [1.165, 1.54) is 23.8 Å². The zero-order chi connectivity index (χ0) is 27.0. The summed E-state index contributed by atoms with van der Waals surface area (Å²) in [5.41, 5.74) is 7.98. The summed E-state index contributed by atoms with van der Waals surface area (Å²) < 4.78 is 1.83. The first kappa shape index (κ1) is 25.8. The van der Waals surface area contributed by atoms with E-state index in [-0.39, 0.29) is 28.8 Å². The zero-order valence-corrected chi connectivity index (χ0v) is 22.6. The monoisotopic (exact) mass is 571 g/mol. The van der Waals surface area contributed by atoms with Crippen molar-refractivity contribution in [2.24, 2.45) is 5.16 Å². The van der Waals surface area contributed by atoms with Gasteiger partial charge in [-0.3, -0.25) is 14.5 Å². The summed E-state index contributed by atoms with van der Waals surface area (Å²) in [6.07, 6.45) is 3.68. The van der Waals surface area contributed by atoms with E-state index < -0.39 is 29.2 Å². The predicted molar refractivity (Wildman–Crippen MR) is 140 cm³/mol. The molecule has 0 unspecified atom stereocenters. The Morgan fingerprint density at radius 1 is 1.29 bits per heavy atom. The molecule has 3 aromatic heterocycles. The van der Waals surface area contributed by atoms with Gasteiger partial charge in [-0.25, -0.2) is 14.5 Å². The van der Waals surface area contributed by atoms with Crippen LogP contribution in [0.15, 0.2) is 51.7 Å². The van der Waals surface area contributed by atoms with Crippen LogP contribution in [0.3, 0.4) is 0 Å². The molecule has 0 radical (unpaired) electrons. The molecule has 0 aromatic carbocycles. The summed E-state index contributed by atoms with van der Waals surface area (Å²) in [6, 6.07) is 2.87. The second kappa shape index (κ2) is 10.5. The topological polar surface area (TPSA) is 167 Å². The number of nitrogen functional groups attached to an aromatic ring is 1. The number of anilines is 1. The van der Waals surface area contributed by atoms with E-state index in [1.54, 1.807) is 16.7 Å². The van der Waals surface area contributed by atoms with Crippen LogP contribution in [-0.4, -0.2) is 62.6 Å². The number of nitrogens with one attached hydrogen (secondary N) is 1. The summed E-state index contributed by atoms with van der Waals surface area (Å²) in [5, 5.41) is 22.5. The van der Waals surface area contributed by atoms with Gasteiger partial charge in [-0.2, -0.15) is 0 Å². The molecule has 0 spiro atoms. The summed E-state index contributed by atoms with van der Waals surface area (Å²) in [6.45, 7) is 2.19. The Labute approximate surface area is 228 Å². The largest absolute Gasteiger partial charge is 0.543 e. The molecule has 1 fully saturated rings. The summed E-state index contributed by atoms with van der Waals surface area (Å²) in [4.78, 5) is 52.5. The van der Waals surface area contributed by atoms with Gasteiger partial charge in [-0.15, -0.1) is 34.4 Å². The quantitative estimate of drug-likeness (QED) is 0.162. The Hall–Kier alpha value is -3.82. The second-order valence-electron chi connectivity index (χ2n) is 8.35. The van der Waals surface area contributed by atoms with Gasteiger partial charge >= 0.3 is 0 Å². The maximum Gasteiger partial charge on any atom is 0.276 e. The van der Waals surface area contributed by atoms with Crippen molar-refractivity contribution in [3.8, 4) is 10.6 Å². The average molecular weight is 572 g/mol. The minimum Gasteiger partial charge on any atom is -0.543 e. The Morgan fingerprint density at radius 3 is 2.66 bits per heavy atom. The second-order valence-corrected chi connectivity index (χ2v) is 11.2. The molecule has 196 valence electrons. The molecule has 5 heterocycles. The molecule has 1 saturated heterocycles. The molecule has 2 amide bonds. The lowest BCUT2D eigenvalue weighted by Crippen LogP contribution is -2.71. The van der Waals surface area contributed by atoms with E-state index in [0.717, 1.165) is 27.6 Å². The van der Waals surface area contributed by atoms with Crippen molar-refractivity contribution in [3.05, 3.63) is 57.9 Å². The first-order valence-electron chi connectivity index (χ1n) is 11.2. The number of carboxylic acid groups (broad SMARTS) is 1. The normalized spacial score (nSPS) is 19.2. The first-order valence-corrected chi connectivity index (χ1v) is 14.0. The number of thiazole rings is 2. The number of pyridine rings is 1. The minimum atomic E-state index is -1.45. The van der Waals surface area contributed by atoms with E-state index >= 15 is 0 Å². The number of β-lactam (4-membered cyclic amide) rings is 1. The molecule has 0 saturated carbocycles. The number of aryl methyl sites for hydroxylation is 1. The number of carboxylic acids is 1. The minimum absolute atomic E-state index is 0.142. The Morgan fingerprint density at radius 2 is 2.05 bits per heavy atom. The van der Waals surface area contributed by atoms with Crippen LogP contribution in [-0.2, 0) is 25.8 Å². The standard InChI is InChI=1S/C23H21N7O5S3/c1-11-8-36-19(25-11)12-3-5-29(6-4-12)7-13-9-37-21-16(20(32)30(21)17(13)22(33)34)27-18(31)15(28-35-2)14-10-38-23(24)26-14/h3-6,8,10,16,21H,7,9H2,1-2H3,(H3-,24,26,27,31,33,34)/b28-15-/t16-,21+/m1/s1. The van der Waals surface area contributed by atoms with Gasteiger partial charge in [0, 0.05) is 45.5 Å². The fourth-order valence-electron chi connectivity index (χ4n) is 4.11. The van der Waals surface area contributed by atoms with Crippen molar-refractivity contribution in [1.29, 1.82) is 0 Å². The summed E-state index contributed by atoms with van der Waals surface area (Å²) in [7, 11) is 1.28. The van der Waals surface area contributed by atoms with E-state index in [2.05, 4.69) is 20.4 Å². The van der Waals surface area contributed by atoms with E-state index in [0.29, 0.717) is 11.3 Å². The molecule has 3 N–H and O–H groups in total. The van der Waals surface area contributed by atoms with Crippen LogP contribution in [0.1, 0.15) is 11.4 Å². The van der Waals surface area contributed by atoms with E-state index in [9.17, 15) is 19.5 Å². The van der Waals surface area contributed by atoms with E-state index in [4.69, 9.17) is 10.6 Å². The molecular weight excluding hydrogens is 550 g/mol. The van der Waals surface area contributed by atoms with Crippen molar-refractivity contribution < 1.29 is 28.9 Å². The third-order valence-corrected chi connectivity index (χ3v) is 8.84. The molecule has 15 heteroatoms. The van der Waals surface area contributed by atoms with Crippen LogP contribution in [0.2, 0.25) is 0 Å². The lowest BCUT2D eigenvalue weighted by atomic mass is 10.0. The fourth-order valence-corrected chi connectivity index (χ4v) is 6.79. The van der Waals surface area contributed by atoms with Crippen LogP contribution in [0.5, 0.6) is 0 Å². The average Bonchev–Trinajstić information content (AvgIpc) is 3.53. The third-order valence-electron chi connectivity index (χ3n) is 5.82. The summed E-state index contributed by atoms with van der Waals surface area (Å²) in [5.74, 6) is -2.35. The number of thioether (sulfide) groups is 1. The highest BCUT2D eigenvalue weighted by Gasteiger charge is 2.53. The fraction of sp³-hybridized carbons (Fsp3) is 0.261. The number of carbonyl (C=O) groups is 3. The lowest BCUT2D eigenvalue weighted by Gasteiger charge is -2.50. The molecule has 2 aliphatic rings. The van der Waals surface area contributed by atoms with Gasteiger partial charge in [0.15, 0.2) is 29.8 Å². The smallest absolute Gasteiger partial charge is 0.276 e. The first-order chi connectivity index (χ1) is 18.3. The highest BCUT2D eigenvalue weighted by molar-refractivity contribution is 8.00. The SMILES string of the molecule is CO/N=C(\C(=O)N[C@@H]1C(=O)N2C(C(=O)[O-])=C(C[n+]3ccc(-c4nc(C)cs4)cc3)CS[C@@H]12)c1csc(N)n1. The Balaban J connectivity index is 1.32. The molecule has 2 atom stereocenters. The van der Waals surface area contributed by atoms with E-state index in [1.807, 2.05) is 41.4 Å². The van der Waals surface area contributed by atoms with Crippen molar-refractivity contribution in [2.45, 2.75) is 24.9 Å². The van der Waals surface area contributed by atoms with Crippen LogP contribution in [0.4, 0.5) is 5.13 Å². The molecule has 0 aliphatic carbocycles. The van der Waals surface area contributed by atoms with Crippen molar-refractivity contribution in [3.63, 3.8) is 0 Å². The van der Waals surface area contributed by atoms with Gasteiger partial charge in [0.25, 0.3) is 11.8 Å². The van der Waals surface area contributed by atoms with Gasteiger partial charge in [-0.1, -0.05) is 5.16 Å². The predicted octanol–water partition coefficient (Wildman–Crippen LogP) is -0.101. The molecule has 2 aliphatic heterocycles. The third kappa shape index (κ3) is 4.87. The maximum atomic E-state index is 13.0. The van der Waals surface area contributed by atoms with Crippen molar-refractivity contribution in [2.75, 3.05) is 18.6 Å². The summed E-state index contributed by atoms with van der Waals surface area (Å²) >= 11 is 4.03. The number of rotatable bonds is 8. The number of fused-ring (bicyclic) bond motifs is 1. The van der Waals surface area contributed by atoms with Crippen molar-refractivity contribution >= 4 is 63.1 Å². The number of carbonyl (C=O) groups excluding carboxylic acids is 3. The molecule has 38 heavy (non-hydrogen) atoms. The van der Waals surface area contributed by atoms with Gasteiger partial charge in [0.05, 0.1) is 11.7 Å². The van der Waals surface area contributed by atoms with Gasteiger partial charge in [0.2, 0.25) is 0 Å².